The maximum Gasteiger partial charge on any atom is 0.106 e. The molecule has 0 aliphatic heterocycles. The lowest BCUT2D eigenvalue weighted by Crippen LogP contribution is -1.78. The summed E-state index contributed by atoms with van der Waals surface area (Å²) in [5.74, 6) is 0. The lowest BCUT2D eigenvalue weighted by atomic mass is 10.2. The van der Waals surface area contributed by atoms with Crippen molar-refractivity contribution in [3.05, 3.63) is 35.9 Å². The zero-order valence-electron chi connectivity index (χ0n) is 5.82. The molecule has 1 rings (SSSR count). The van der Waals surface area contributed by atoms with E-state index >= 15 is 0 Å². The van der Waals surface area contributed by atoms with Crippen molar-refractivity contribution in [1.29, 1.82) is 0 Å². The fourth-order valence-corrected chi connectivity index (χ4v) is 0.653. The molecule has 0 aromatic heterocycles. The number of hydrogen-bond acceptors (Lipinski definition) is 2. The van der Waals surface area contributed by atoms with Crippen LogP contribution in [0.3, 0.4) is 0 Å². The summed E-state index contributed by atoms with van der Waals surface area (Å²) in [5, 5.41) is 3.62. The van der Waals surface area contributed by atoms with Crippen LogP contribution in [-0.2, 0) is 4.84 Å². The Morgan fingerprint density at radius 2 is 2.00 bits per heavy atom. The first-order valence-electron chi connectivity index (χ1n) is 3.05. The summed E-state index contributed by atoms with van der Waals surface area (Å²) < 4.78 is 0. The van der Waals surface area contributed by atoms with Crippen LogP contribution in [-0.4, -0.2) is 13.3 Å². The number of benzene rings is 1. The van der Waals surface area contributed by atoms with E-state index < -0.39 is 0 Å². The average Bonchev–Trinajstić information content (AvgIpc) is 2.03. The molecule has 1 aromatic carbocycles. The summed E-state index contributed by atoms with van der Waals surface area (Å²) in [7, 11) is 1.53. The van der Waals surface area contributed by atoms with Gasteiger partial charge in [-0.2, -0.15) is 0 Å². The number of rotatable bonds is 2. The molecular weight excluding hydrogens is 126 g/mol. The Bertz CT molecular complexity index is 206. The van der Waals surface area contributed by atoms with E-state index in [0.717, 1.165) is 5.56 Å². The highest BCUT2D eigenvalue weighted by Crippen LogP contribution is 1.93. The van der Waals surface area contributed by atoms with Gasteiger partial charge in [0.1, 0.15) is 7.11 Å². The molecule has 2 nitrogen and oxygen atoms in total. The van der Waals surface area contributed by atoms with Gasteiger partial charge in [-0.25, -0.2) is 0 Å². The van der Waals surface area contributed by atoms with Crippen LogP contribution in [0.2, 0.25) is 0 Å². The van der Waals surface area contributed by atoms with E-state index in [-0.39, 0.29) is 0 Å². The summed E-state index contributed by atoms with van der Waals surface area (Å²) >= 11 is 0. The number of nitrogens with zero attached hydrogens (tertiary/aromatic N) is 1. The van der Waals surface area contributed by atoms with Gasteiger partial charge in [0.15, 0.2) is 0 Å². The highest BCUT2D eigenvalue weighted by Gasteiger charge is 1.80. The molecular formula is C8H9NO. The summed E-state index contributed by atoms with van der Waals surface area (Å²) in [4.78, 5) is 4.52. The Labute approximate surface area is 60.1 Å². The average molecular weight is 135 g/mol. The smallest absolute Gasteiger partial charge is 0.106 e. The Hall–Kier alpha value is -1.31. The predicted octanol–water partition coefficient (Wildman–Crippen LogP) is 1.67. The van der Waals surface area contributed by atoms with Crippen LogP contribution in [0.15, 0.2) is 35.5 Å². The molecule has 0 atom stereocenters. The van der Waals surface area contributed by atoms with Gasteiger partial charge in [0.25, 0.3) is 0 Å². The van der Waals surface area contributed by atoms with Crippen molar-refractivity contribution < 1.29 is 4.84 Å². The van der Waals surface area contributed by atoms with E-state index in [0.29, 0.717) is 0 Å². The minimum absolute atomic E-state index is 1.05. The highest BCUT2D eigenvalue weighted by molar-refractivity contribution is 5.78. The monoisotopic (exact) mass is 135 g/mol. The molecule has 0 amide bonds. The first-order chi connectivity index (χ1) is 4.93. The van der Waals surface area contributed by atoms with Crippen molar-refractivity contribution >= 4 is 6.21 Å². The molecule has 1 aromatic rings. The van der Waals surface area contributed by atoms with Crippen LogP contribution in [0.25, 0.3) is 0 Å². The highest BCUT2D eigenvalue weighted by atomic mass is 16.6. The molecule has 0 aliphatic rings. The first kappa shape index (κ1) is 6.81. The number of oxime groups is 1. The largest absolute Gasteiger partial charge is 0.399 e. The lowest BCUT2D eigenvalue weighted by molar-refractivity contribution is 0.215. The van der Waals surface area contributed by atoms with Gasteiger partial charge < -0.3 is 4.84 Å². The van der Waals surface area contributed by atoms with Gasteiger partial charge >= 0.3 is 0 Å². The Morgan fingerprint density at radius 3 is 2.60 bits per heavy atom. The van der Waals surface area contributed by atoms with Crippen molar-refractivity contribution in [2.24, 2.45) is 5.16 Å². The Kier molecular flexibility index (Phi) is 2.49. The molecule has 0 unspecified atom stereocenters. The summed E-state index contributed by atoms with van der Waals surface area (Å²) in [6.07, 6.45) is 1.67. The molecule has 0 saturated carbocycles. The fourth-order valence-electron chi connectivity index (χ4n) is 0.653. The van der Waals surface area contributed by atoms with Gasteiger partial charge in [0, 0.05) is 0 Å². The van der Waals surface area contributed by atoms with E-state index in [2.05, 4.69) is 9.99 Å². The van der Waals surface area contributed by atoms with Crippen molar-refractivity contribution in [3.63, 3.8) is 0 Å². The maximum absolute atomic E-state index is 4.52. The second-order valence-corrected chi connectivity index (χ2v) is 1.83. The zero-order valence-corrected chi connectivity index (χ0v) is 5.82. The Balaban J connectivity index is 2.67. The second kappa shape index (κ2) is 3.67. The van der Waals surface area contributed by atoms with E-state index in [1.165, 1.54) is 7.11 Å². The van der Waals surface area contributed by atoms with Crippen LogP contribution in [0.1, 0.15) is 5.56 Å². The van der Waals surface area contributed by atoms with Gasteiger partial charge in [0.2, 0.25) is 0 Å². The molecule has 0 bridgehead atoms. The van der Waals surface area contributed by atoms with Crippen LogP contribution in [0.4, 0.5) is 0 Å². The van der Waals surface area contributed by atoms with Crippen LogP contribution in [0, 0.1) is 0 Å². The standard InChI is InChI=1S/C8H9NO/c1-10-9-7-8-5-3-2-4-6-8/h2-7H,1H3/b9-7+. The van der Waals surface area contributed by atoms with E-state index in [4.69, 9.17) is 0 Å². The van der Waals surface area contributed by atoms with Crippen molar-refractivity contribution in [2.75, 3.05) is 7.11 Å². The normalized spacial score (nSPS) is 10.1. The minimum Gasteiger partial charge on any atom is -0.399 e. The quantitative estimate of drug-likeness (QED) is 0.446. The third-order valence-electron chi connectivity index (χ3n) is 1.11. The van der Waals surface area contributed by atoms with Crippen molar-refractivity contribution in [2.45, 2.75) is 0 Å². The summed E-state index contributed by atoms with van der Waals surface area (Å²) in [6.45, 7) is 0. The van der Waals surface area contributed by atoms with Crippen molar-refractivity contribution in [3.8, 4) is 0 Å². The van der Waals surface area contributed by atoms with Crippen LogP contribution >= 0.6 is 0 Å². The van der Waals surface area contributed by atoms with Gasteiger partial charge in [-0.15, -0.1) is 0 Å². The first-order valence-corrected chi connectivity index (χ1v) is 3.05. The third kappa shape index (κ3) is 1.90. The summed E-state index contributed by atoms with van der Waals surface area (Å²) in [5.41, 5.74) is 1.05. The third-order valence-corrected chi connectivity index (χ3v) is 1.11. The van der Waals surface area contributed by atoms with E-state index in [9.17, 15) is 0 Å². The minimum atomic E-state index is 1.05. The van der Waals surface area contributed by atoms with Crippen LogP contribution in [0.5, 0.6) is 0 Å². The zero-order chi connectivity index (χ0) is 7.23. The van der Waals surface area contributed by atoms with Gasteiger partial charge in [-0.3, -0.25) is 0 Å². The van der Waals surface area contributed by atoms with Gasteiger partial charge in [0.05, 0.1) is 6.21 Å². The SMILES string of the molecule is CO/N=C/c1ccccc1. The Morgan fingerprint density at radius 1 is 1.30 bits per heavy atom. The molecule has 0 radical (unpaired) electrons. The molecule has 0 heterocycles. The van der Waals surface area contributed by atoms with E-state index in [1.54, 1.807) is 6.21 Å². The molecule has 0 saturated heterocycles. The van der Waals surface area contributed by atoms with Crippen molar-refractivity contribution in [1.82, 2.24) is 0 Å². The molecule has 10 heavy (non-hydrogen) atoms. The molecule has 0 aliphatic carbocycles. The molecule has 0 spiro atoms. The molecule has 0 N–H and O–H groups in total. The molecule has 2 heteroatoms. The predicted molar refractivity (Wildman–Crippen MR) is 41.0 cm³/mol. The fraction of sp³-hybridized carbons (Fsp3) is 0.125. The van der Waals surface area contributed by atoms with Crippen LogP contribution < -0.4 is 0 Å². The van der Waals surface area contributed by atoms with E-state index in [1.807, 2.05) is 30.3 Å². The lowest BCUT2D eigenvalue weighted by Gasteiger charge is -1.88. The molecule has 52 valence electrons. The molecule has 0 fully saturated rings. The second-order valence-electron chi connectivity index (χ2n) is 1.83. The number of hydrogen-bond donors (Lipinski definition) is 0. The summed E-state index contributed by atoms with van der Waals surface area (Å²) in [6, 6.07) is 9.79. The maximum atomic E-state index is 4.52. The van der Waals surface area contributed by atoms with Gasteiger partial charge in [-0.05, 0) is 5.56 Å². The van der Waals surface area contributed by atoms with Gasteiger partial charge in [-0.1, -0.05) is 35.5 Å². The topological polar surface area (TPSA) is 21.6 Å².